The summed E-state index contributed by atoms with van der Waals surface area (Å²) in [4.78, 5) is 2.57. The Morgan fingerprint density at radius 3 is 2.40 bits per heavy atom. The second-order valence-electron chi connectivity index (χ2n) is 5.10. The predicted octanol–water partition coefficient (Wildman–Crippen LogP) is 2.17. The molecule has 2 heteroatoms. The van der Waals surface area contributed by atoms with Gasteiger partial charge >= 0.3 is 0 Å². The van der Waals surface area contributed by atoms with Gasteiger partial charge in [-0.05, 0) is 44.3 Å². The average Bonchev–Trinajstić information content (AvgIpc) is 3.03. The third-order valence-electron chi connectivity index (χ3n) is 3.36. The molecule has 0 amide bonds. The first-order valence-corrected chi connectivity index (χ1v) is 6.47. The van der Waals surface area contributed by atoms with Gasteiger partial charge in [0.15, 0.2) is 0 Å². The van der Waals surface area contributed by atoms with Crippen molar-refractivity contribution in [2.45, 2.75) is 44.6 Å². The molecule has 0 atom stereocenters. The van der Waals surface area contributed by atoms with E-state index in [2.05, 4.69) is 16.8 Å². The molecule has 2 aliphatic rings. The van der Waals surface area contributed by atoms with E-state index in [4.69, 9.17) is 0 Å². The number of nitrogens with one attached hydrogen (secondary N) is 1. The fourth-order valence-electron chi connectivity index (χ4n) is 2.24. The predicted molar refractivity (Wildman–Crippen MR) is 65.1 cm³/mol. The van der Waals surface area contributed by atoms with Crippen LogP contribution in [0.3, 0.4) is 0 Å². The highest BCUT2D eigenvalue weighted by atomic mass is 15.1. The van der Waals surface area contributed by atoms with E-state index in [1.807, 2.05) is 0 Å². The lowest BCUT2D eigenvalue weighted by molar-refractivity contribution is 0.307. The molecule has 2 fully saturated rings. The quantitative estimate of drug-likeness (QED) is 0.697. The van der Waals surface area contributed by atoms with Gasteiger partial charge in [0.25, 0.3) is 0 Å². The van der Waals surface area contributed by atoms with E-state index in [-0.39, 0.29) is 0 Å². The zero-order valence-electron chi connectivity index (χ0n) is 9.80. The fraction of sp³-hybridized carbons (Fsp3) is 0.846. The van der Waals surface area contributed by atoms with E-state index < -0.39 is 0 Å². The Hall–Kier alpha value is -0.340. The summed E-state index contributed by atoms with van der Waals surface area (Å²) >= 11 is 0. The molecular weight excluding hydrogens is 184 g/mol. The molecule has 2 nitrogen and oxygen atoms in total. The summed E-state index contributed by atoms with van der Waals surface area (Å²) in [5, 5.41) is 3.54. The third kappa shape index (κ3) is 4.35. The number of rotatable bonds is 5. The van der Waals surface area contributed by atoms with Crippen molar-refractivity contribution in [3.05, 3.63) is 12.2 Å². The van der Waals surface area contributed by atoms with E-state index in [0.717, 1.165) is 19.1 Å². The lowest BCUT2D eigenvalue weighted by Crippen LogP contribution is -2.30. The normalized spacial score (nSPS) is 23.7. The topological polar surface area (TPSA) is 15.3 Å². The fourth-order valence-corrected chi connectivity index (χ4v) is 2.24. The standard InChI is InChI=1S/C13H24N2/c1-12(10-14-13-6-7-13)11-15-8-4-2-3-5-9-15/h13-14H,1-11H2. The highest BCUT2D eigenvalue weighted by Gasteiger charge is 2.20. The van der Waals surface area contributed by atoms with Gasteiger partial charge in [-0.15, -0.1) is 0 Å². The van der Waals surface area contributed by atoms with Crippen molar-refractivity contribution in [1.29, 1.82) is 0 Å². The molecular formula is C13H24N2. The molecule has 0 aromatic rings. The Labute approximate surface area is 93.7 Å². The molecule has 1 saturated heterocycles. The third-order valence-corrected chi connectivity index (χ3v) is 3.36. The van der Waals surface area contributed by atoms with E-state index in [1.54, 1.807) is 0 Å². The molecule has 0 unspecified atom stereocenters. The van der Waals surface area contributed by atoms with Crippen molar-refractivity contribution in [2.75, 3.05) is 26.2 Å². The molecule has 2 rings (SSSR count). The molecule has 0 aromatic heterocycles. The number of likely N-dealkylation sites (tertiary alicyclic amines) is 1. The summed E-state index contributed by atoms with van der Waals surface area (Å²) in [6, 6.07) is 0.811. The summed E-state index contributed by atoms with van der Waals surface area (Å²) in [5.74, 6) is 0. The van der Waals surface area contributed by atoms with Crippen molar-refractivity contribution in [2.24, 2.45) is 0 Å². The number of nitrogens with zero attached hydrogens (tertiary/aromatic N) is 1. The molecule has 86 valence electrons. The summed E-state index contributed by atoms with van der Waals surface area (Å²) in [5.41, 5.74) is 1.36. The zero-order valence-corrected chi connectivity index (χ0v) is 9.80. The van der Waals surface area contributed by atoms with Gasteiger partial charge in [-0.25, -0.2) is 0 Å². The molecule has 1 heterocycles. The van der Waals surface area contributed by atoms with Gasteiger partial charge in [0.2, 0.25) is 0 Å². The van der Waals surface area contributed by atoms with Crippen LogP contribution in [0.1, 0.15) is 38.5 Å². The van der Waals surface area contributed by atoms with Crippen LogP contribution in [0, 0.1) is 0 Å². The van der Waals surface area contributed by atoms with Gasteiger partial charge in [-0.1, -0.05) is 19.4 Å². The minimum atomic E-state index is 0.811. The second kappa shape index (κ2) is 5.66. The van der Waals surface area contributed by atoms with Gasteiger partial charge in [-0.3, -0.25) is 4.90 Å². The number of hydrogen-bond acceptors (Lipinski definition) is 2. The molecule has 0 spiro atoms. The van der Waals surface area contributed by atoms with Crippen molar-refractivity contribution >= 4 is 0 Å². The summed E-state index contributed by atoms with van der Waals surface area (Å²) in [6.07, 6.45) is 8.34. The van der Waals surface area contributed by atoms with Crippen molar-refractivity contribution < 1.29 is 0 Å². The van der Waals surface area contributed by atoms with Crippen LogP contribution >= 0.6 is 0 Å². The van der Waals surface area contributed by atoms with Crippen molar-refractivity contribution in [3.63, 3.8) is 0 Å². The van der Waals surface area contributed by atoms with Crippen LogP contribution < -0.4 is 5.32 Å². The van der Waals surface area contributed by atoms with Crippen molar-refractivity contribution in [1.82, 2.24) is 10.2 Å². The minimum absolute atomic E-state index is 0.811. The Morgan fingerprint density at radius 2 is 1.80 bits per heavy atom. The monoisotopic (exact) mass is 208 g/mol. The van der Waals surface area contributed by atoms with Gasteiger partial charge in [0, 0.05) is 19.1 Å². The molecule has 1 saturated carbocycles. The van der Waals surface area contributed by atoms with Gasteiger partial charge in [-0.2, -0.15) is 0 Å². The Kier molecular flexibility index (Phi) is 4.21. The van der Waals surface area contributed by atoms with Crippen LogP contribution in [0.5, 0.6) is 0 Å². The van der Waals surface area contributed by atoms with Crippen LogP contribution in [0.15, 0.2) is 12.2 Å². The molecule has 0 aromatic carbocycles. The van der Waals surface area contributed by atoms with Crippen LogP contribution in [-0.4, -0.2) is 37.1 Å². The first-order chi connectivity index (χ1) is 7.34. The Morgan fingerprint density at radius 1 is 1.13 bits per heavy atom. The SMILES string of the molecule is C=C(CNC1CC1)CN1CCCCCC1. The van der Waals surface area contributed by atoms with Crippen LogP contribution in [0.4, 0.5) is 0 Å². The van der Waals surface area contributed by atoms with Crippen LogP contribution in [0.2, 0.25) is 0 Å². The largest absolute Gasteiger partial charge is 0.310 e. The van der Waals surface area contributed by atoms with Gasteiger partial charge in [0.1, 0.15) is 0 Å². The van der Waals surface area contributed by atoms with E-state index in [0.29, 0.717) is 0 Å². The Bertz CT molecular complexity index is 201. The maximum atomic E-state index is 4.17. The molecule has 0 radical (unpaired) electrons. The first kappa shape index (κ1) is 11.2. The van der Waals surface area contributed by atoms with Crippen LogP contribution in [0.25, 0.3) is 0 Å². The van der Waals surface area contributed by atoms with Crippen LogP contribution in [-0.2, 0) is 0 Å². The lowest BCUT2D eigenvalue weighted by atomic mass is 10.2. The average molecular weight is 208 g/mol. The number of hydrogen-bond donors (Lipinski definition) is 1. The van der Waals surface area contributed by atoms with E-state index in [1.165, 1.54) is 57.2 Å². The highest BCUT2D eigenvalue weighted by molar-refractivity contribution is 5.01. The van der Waals surface area contributed by atoms with Crippen molar-refractivity contribution in [3.8, 4) is 0 Å². The van der Waals surface area contributed by atoms with E-state index in [9.17, 15) is 0 Å². The minimum Gasteiger partial charge on any atom is -0.310 e. The van der Waals surface area contributed by atoms with E-state index >= 15 is 0 Å². The molecule has 15 heavy (non-hydrogen) atoms. The Balaban J connectivity index is 1.62. The zero-order chi connectivity index (χ0) is 10.5. The molecule has 1 N–H and O–H groups in total. The first-order valence-electron chi connectivity index (χ1n) is 6.47. The molecule has 1 aliphatic heterocycles. The van der Waals surface area contributed by atoms with Gasteiger partial charge in [0.05, 0.1) is 0 Å². The highest BCUT2D eigenvalue weighted by Crippen LogP contribution is 2.18. The summed E-state index contributed by atoms with van der Waals surface area (Å²) in [7, 11) is 0. The summed E-state index contributed by atoms with van der Waals surface area (Å²) in [6.45, 7) is 8.88. The van der Waals surface area contributed by atoms with Gasteiger partial charge < -0.3 is 5.32 Å². The molecule has 0 bridgehead atoms. The maximum absolute atomic E-state index is 4.17. The maximum Gasteiger partial charge on any atom is 0.0202 e. The molecule has 1 aliphatic carbocycles. The smallest absolute Gasteiger partial charge is 0.0202 e. The second-order valence-corrected chi connectivity index (χ2v) is 5.10. The lowest BCUT2D eigenvalue weighted by Gasteiger charge is -2.21. The summed E-state index contributed by atoms with van der Waals surface area (Å²) < 4.78 is 0.